The van der Waals surface area contributed by atoms with Crippen molar-refractivity contribution < 1.29 is 53.6 Å². The molecule has 1 saturated carbocycles. The number of carbonyl (C=O) groups is 2. The van der Waals surface area contributed by atoms with Crippen LogP contribution in [0.25, 0.3) is 0 Å². The third kappa shape index (κ3) is 12.8. The summed E-state index contributed by atoms with van der Waals surface area (Å²) < 4.78 is 57.3. The summed E-state index contributed by atoms with van der Waals surface area (Å²) in [6.07, 6.45) is -0.824. The minimum atomic E-state index is -4.48. The molecule has 0 aromatic heterocycles. The predicted octanol–water partition coefficient (Wildman–Crippen LogP) is 7.30. The number of benzene rings is 3. The molecule has 5 rings (SSSR count). The Morgan fingerprint density at radius 3 is 1.85 bits per heavy atom. The van der Waals surface area contributed by atoms with Crippen LogP contribution < -0.4 is 18.9 Å². The van der Waals surface area contributed by atoms with Gasteiger partial charge in [0.25, 0.3) is 0 Å². The fourth-order valence-electron chi connectivity index (χ4n) is 6.93. The Kier molecular flexibility index (Phi) is 17.6. The molecule has 1 aliphatic heterocycles. The van der Waals surface area contributed by atoms with Crippen LogP contribution in [0, 0.1) is 5.92 Å². The largest absolute Gasteiger partial charge is 1.00 e. The van der Waals surface area contributed by atoms with E-state index in [9.17, 15) is 22.8 Å². The number of amides is 1. The van der Waals surface area contributed by atoms with Crippen LogP contribution in [0.15, 0.2) is 84.9 Å². The predicted molar refractivity (Wildman–Crippen MR) is 207 cm³/mol. The Balaban J connectivity index is 0.00000131. The van der Waals surface area contributed by atoms with Crippen LogP contribution in [-0.4, -0.2) is 61.4 Å². The summed E-state index contributed by atoms with van der Waals surface area (Å²) in [5.41, 5.74) is -0.0217. The summed E-state index contributed by atoms with van der Waals surface area (Å²) in [6.45, 7) is 12.4. The van der Waals surface area contributed by atoms with Crippen molar-refractivity contribution in [3.8, 4) is 0 Å². The number of thiol groups is 1. The molecule has 0 unspecified atom stereocenters. The van der Waals surface area contributed by atoms with E-state index in [4.69, 9.17) is 22.1 Å². The molecule has 0 spiro atoms. The van der Waals surface area contributed by atoms with Gasteiger partial charge in [0.05, 0.1) is 11.2 Å². The van der Waals surface area contributed by atoms with E-state index >= 15 is 0 Å². The number of Topliss-reactive ketones (excluding diaryl/α,β-unsaturated/α-hetero) is 1. The topological polar surface area (TPSA) is 55.8 Å². The van der Waals surface area contributed by atoms with Crippen LogP contribution in [0.3, 0.4) is 0 Å². The van der Waals surface area contributed by atoms with E-state index in [-0.39, 0.29) is 63.0 Å². The molecular formula is C40H54ClF3LiNO4SSi. The molecule has 2 fully saturated rings. The van der Waals surface area contributed by atoms with Gasteiger partial charge in [0.2, 0.25) is 5.91 Å². The second-order valence-corrected chi connectivity index (χ2v) is 19.3. The van der Waals surface area contributed by atoms with Gasteiger partial charge in [-0.1, -0.05) is 72.8 Å². The van der Waals surface area contributed by atoms with E-state index in [1.165, 1.54) is 29.9 Å². The first-order valence-electron chi connectivity index (χ1n) is 18.0. The minimum Gasteiger partial charge on any atom is -1.00 e. The van der Waals surface area contributed by atoms with E-state index in [0.29, 0.717) is 18.4 Å². The third-order valence-electron chi connectivity index (χ3n) is 9.41. The first-order chi connectivity index (χ1) is 24.5. The molecule has 52 heavy (non-hydrogen) atoms. The summed E-state index contributed by atoms with van der Waals surface area (Å²) in [4.78, 5) is 29.7. The molecule has 1 aliphatic carbocycles. The average molecular weight is 773 g/mol. The van der Waals surface area contributed by atoms with Crippen molar-refractivity contribution in [2.24, 2.45) is 5.92 Å². The van der Waals surface area contributed by atoms with E-state index in [1.807, 2.05) is 74.5 Å². The molecule has 5 nitrogen and oxygen atoms in total. The van der Waals surface area contributed by atoms with Crippen molar-refractivity contribution in [3.05, 3.63) is 107 Å². The number of nitrogens with zero attached hydrogens (tertiary/aromatic N) is 1. The van der Waals surface area contributed by atoms with Crippen molar-refractivity contribution in [2.45, 2.75) is 95.4 Å². The molecule has 1 saturated heterocycles. The third-order valence-corrected chi connectivity index (χ3v) is 10.8. The van der Waals surface area contributed by atoms with Gasteiger partial charge in [0.1, 0.15) is 11.4 Å². The zero-order valence-electron chi connectivity index (χ0n) is 33.3. The molecule has 3 aromatic rings. The van der Waals surface area contributed by atoms with Crippen LogP contribution in [0.2, 0.25) is 19.6 Å². The number of hydrogen-bond donors (Lipinski definition) is 1. The van der Waals surface area contributed by atoms with Crippen LogP contribution in [0.5, 0.6) is 0 Å². The molecule has 1 heterocycles. The fraction of sp³-hybridized carbons (Fsp3) is 0.500. The standard InChI is InChI=1S/C35H41ClF3NO3Si.C4H8O.CH4S.Li.H/c1-33(2,43-44(3,4)5)29-21-34(22-29,40(32(42)23-36)24-25-16-18-28(19-17-25)35(37,38)39)31(41)20-30(26-12-8-6-9-13-26)27-14-10-7-11-15-27;1-2-4-5-3-1;1-2;;/h6-19,29-30H,20-24H2,1-5H3;1-4H2;2H,1H3;;/q;;;+1;-1/i;;1D;;. The number of alkyl halides is 4. The smallest absolute Gasteiger partial charge is 1.00 e. The molecule has 282 valence electrons. The maximum atomic E-state index is 14.7. The van der Waals surface area contributed by atoms with Gasteiger partial charge in [-0.25, -0.2) is 0 Å². The Morgan fingerprint density at radius 1 is 0.981 bits per heavy atom. The van der Waals surface area contributed by atoms with Crippen LogP contribution in [-0.2, 0) is 31.5 Å². The number of ketones is 1. The van der Waals surface area contributed by atoms with E-state index in [1.54, 1.807) is 0 Å². The zero-order chi connectivity index (χ0) is 38.6. The van der Waals surface area contributed by atoms with Gasteiger partial charge >= 0.3 is 25.0 Å². The molecule has 3 aromatic carbocycles. The summed E-state index contributed by atoms with van der Waals surface area (Å²) in [7, 11) is -1.94. The minimum absolute atomic E-state index is 0. The van der Waals surface area contributed by atoms with Gasteiger partial charge in [-0.2, -0.15) is 25.8 Å². The molecule has 0 bridgehead atoms. The van der Waals surface area contributed by atoms with Gasteiger partial charge in [0.15, 0.2) is 14.1 Å². The average Bonchev–Trinajstić information content (AvgIpc) is 3.66. The SMILES string of the molecule is C1CCOC1.CC(C)(O[Si](C)(C)C)C1CC(C(=O)CC(c2ccccc2)c2ccccc2)(N(Cc2ccc(C(F)(F)F)cc2)C(=O)CCl)C1.[2H]CS.[H-].[Li+]. The normalized spacial score (nSPS) is 18.8. The number of ether oxygens (including phenoxy) is 1. The monoisotopic (exact) mass is 772 g/mol. The first-order valence-corrected chi connectivity index (χ1v) is 21.9. The summed E-state index contributed by atoms with van der Waals surface area (Å²) in [6, 6.07) is 24.3. The molecule has 0 atom stereocenters. The molecule has 2 aliphatic rings. The first kappa shape index (κ1) is 44.4. The van der Waals surface area contributed by atoms with E-state index < -0.39 is 37.1 Å². The molecule has 1 amide bonds. The Labute approximate surface area is 335 Å². The number of rotatable bonds is 12. The van der Waals surface area contributed by atoms with Gasteiger partial charge < -0.3 is 15.5 Å². The van der Waals surface area contributed by atoms with E-state index in [0.717, 1.165) is 36.5 Å². The number of hydrogen-bond acceptors (Lipinski definition) is 5. The van der Waals surface area contributed by atoms with Crippen molar-refractivity contribution in [3.63, 3.8) is 0 Å². The Morgan fingerprint density at radius 2 is 1.46 bits per heavy atom. The van der Waals surface area contributed by atoms with Gasteiger partial charge in [-0.3, -0.25) is 9.59 Å². The van der Waals surface area contributed by atoms with E-state index in [2.05, 4.69) is 32.3 Å². The molecule has 0 radical (unpaired) electrons. The fourth-order valence-corrected chi connectivity index (χ4v) is 8.82. The van der Waals surface area contributed by atoms with Gasteiger partial charge in [-0.15, -0.1) is 11.6 Å². The van der Waals surface area contributed by atoms with Crippen molar-refractivity contribution in [1.29, 1.82) is 0 Å². The van der Waals surface area contributed by atoms with Crippen LogP contribution >= 0.6 is 24.2 Å². The van der Waals surface area contributed by atoms with Gasteiger partial charge in [-0.05, 0) is 100 Å². The number of carbonyl (C=O) groups excluding carboxylic acids is 2. The van der Waals surface area contributed by atoms with Crippen molar-refractivity contribution in [2.75, 3.05) is 25.3 Å². The second kappa shape index (κ2) is 20.6. The second-order valence-electron chi connectivity index (χ2n) is 14.6. The maximum absolute atomic E-state index is 14.7. The number of halogens is 4. The zero-order valence-corrected chi connectivity index (χ0v) is 34.0. The quantitative estimate of drug-likeness (QED) is 0.119. The molecule has 0 N–H and O–H groups in total. The van der Waals surface area contributed by atoms with Crippen molar-refractivity contribution >= 4 is 44.2 Å². The molecular weight excluding hydrogens is 718 g/mol. The van der Waals surface area contributed by atoms with Crippen LogP contribution in [0.1, 0.15) is 76.9 Å². The summed E-state index contributed by atoms with van der Waals surface area (Å²) in [5, 5.41) is 0. The Hall–Kier alpha value is -2.04. The van der Waals surface area contributed by atoms with Gasteiger partial charge in [0, 0.05) is 33.5 Å². The molecule has 12 heteroatoms. The van der Waals surface area contributed by atoms with Crippen LogP contribution in [0.4, 0.5) is 13.2 Å². The van der Waals surface area contributed by atoms with Crippen molar-refractivity contribution in [1.82, 2.24) is 4.90 Å². The summed E-state index contributed by atoms with van der Waals surface area (Å²) >= 11 is 9.59. The maximum Gasteiger partial charge on any atom is 1.00 e. The Bertz CT molecular complexity index is 1500. The summed E-state index contributed by atoms with van der Waals surface area (Å²) in [5.74, 6) is -1.14.